The monoisotopic (exact) mass is 268 g/mol. The molecular weight excluding hydrogens is 248 g/mol. The third kappa shape index (κ3) is 5.84. The summed E-state index contributed by atoms with van der Waals surface area (Å²) in [6.45, 7) is 4.30. The normalized spacial score (nSPS) is 9.89. The van der Waals surface area contributed by atoms with Gasteiger partial charge in [0, 0.05) is 31.5 Å². The third-order valence-electron chi connectivity index (χ3n) is 2.28. The fourth-order valence-electron chi connectivity index (χ4n) is 1.40. The van der Waals surface area contributed by atoms with Crippen molar-refractivity contribution in [3.63, 3.8) is 0 Å². The van der Waals surface area contributed by atoms with E-state index in [2.05, 4.69) is 10.6 Å². The summed E-state index contributed by atoms with van der Waals surface area (Å²) in [6, 6.07) is 7.65. The van der Waals surface area contributed by atoms with Gasteiger partial charge in [0.2, 0.25) is 0 Å². The van der Waals surface area contributed by atoms with Gasteiger partial charge in [-0.05, 0) is 37.7 Å². The van der Waals surface area contributed by atoms with Crippen LogP contribution in [-0.2, 0) is 4.74 Å². The highest BCUT2D eigenvalue weighted by Gasteiger charge is 1.98. The fraction of sp³-hybridized carbons (Fsp3) is 0.462. The molecule has 0 saturated carbocycles. The van der Waals surface area contributed by atoms with E-state index < -0.39 is 0 Å². The molecule has 2 N–H and O–H groups in total. The van der Waals surface area contributed by atoms with Crippen LogP contribution in [0.15, 0.2) is 24.3 Å². The molecule has 0 heterocycles. The molecule has 0 aliphatic rings. The number of hydrogen-bond acceptors (Lipinski definition) is 3. The Balaban J connectivity index is 2.26. The summed E-state index contributed by atoms with van der Waals surface area (Å²) < 4.78 is 10.4. The molecule has 0 saturated heterocycles. The van der Waals surface area contributed by atoms with E-state index in [4.69, 9.17) is 21.7 Å². The summed E-state index contributed by atoms with van der Waals surface area (Å²) in [5.41, 5.74) is 0.914. The Kier molecular flexibility index (Phi) is 7.13. The topological polar surface area (TPSA) is 42.5 Å². The van der Waals surface area contributed by atoms with E-state index in [1.54, 1.807) is 7.11 Å². The quantitative estimate of drug-likeness (QED) is 0.587. The number of rotatable bonds is 7. The van der Waals surface area contributed by atoms with Gasteiger partial charge >= 0.3 is 0 Å². The first-order valence-corrected chi connectivity index (χ1v) is 6.43. The smallest absolute Gasteiger partial charge is 0.170 e. The molecular formula is C13H20N2O2S. The van der Waals surface area contributed by atoms with Gasteiger partial charge in [-0.3, -0.25) is 0 Å². The highest BCUT2D eigenvalue weighted by molar-refractivity contribution is 7.80. The van der Waals surface area contributed by atoms with Crippen molar-refractivity contribution in [2.24, 2.45) is 0 Å². The molecule has 1 aromatic carbocycles. The minimum Gasteiger partial charge on any atom is -0.497 e. The summed E-state index contributed by atoms with van der Waals surface area (Å²) in [7, 11) is 1.64. The molecule has 0 amide bonds. The van der Waals surface area contributed by atoms with Crippen LogP contribution < -0.4 is 15.4 Å². The average molecular weight is 268 g/mol. The summed E-state index contributed by atoms with van der Waals surface area (Å²) in [5.74, 6) is 0.805. The van der Waals surface area contributed by atoms with E-state index in [-0.39, 0.29) is 0 Å². The van der Waals surface area contributed by atoms with Crippen molar-refractivity contribution in [1.82, 2.24) is 5.32 Å². The highest BCUT2D eigenvalue weighted by atomic mass is 32.1. The highest BCUT2D eigenvalue weighted by Crippen LogP contribution is 2.16. The summed E-state index contributed by atoms with van der Waals surface area (Å²) >= 11 is 5.19. The van der Waals surface area contributed by atoms with Crippen molar-refractivity contribution in [1.29, 1.82) is 0 Å². The number of methoxy groups -OCH3 is 1. The largest absolute Gasteiger partial charge is 0.497 e. The van der Waals surface area contributed by atoms with E-state index in [9.17, 15) is 0 Å². The Bertz CT molecular complexity index is 372. The third-order valence-corrected chi connectivity index (χ3v) is 2.53. The van der Waals surface area contributed by atoms with Gasteiger partial charge in [0.25, 0.3) is 0 Å². The second-order valence-corrected chi connectivity index (χ2v) is 4.07. The molecule has 0 aliphatic carbocycles. The number of nitrogens with one attached hydrogen (secondary N) is 2. The maximum absolute atomic E-state index is 5.24. The van der Waals surface area contributed by atoms with Crippen LogP contribution >= 0.6 is 12.2 Å². The molecule has 0 aromatic heterocycles. The Labute approximate surface area is 114 Å². The predicted molar refractivity (Wildman–Crippen MR) is 78.3 cm³/mol. The lowest BCUT2D eigenvalue weighted by atomic mass is 10.3. The first kappa shape index (κ1) is 14.7. The van der Waals surface area contributed by atoms with Crippen LogP contribution in [0.1, 0.15) is 13.3 Å². The predicted octanol–water partition coefficient (Wildman–Crippen LogP) is 2.41. The van der Waals surface area contributed by atoms with Crippen LogP contribution in [-0.4, -0.2) is 32.0 Å². The van der Waals surface area contributed by atoms with Gasteiger partial charge in [-0.1, -0.05) is 6.07 Å². The Morgan fingerprint density at radius 1 is 1.39 bits per heavy atom. The van der Waals surface area contributed by atoms with Crippen molar-refractivity contribution in [2.45, 2.75) is 13.3 Å². The second-order valence-electron chi connectivity index (χ2n) is 3.66. The molecule has 0 radical (unpaired) electrons. The van der Waals surface area contributed by atoms with Crippen LogP contribution in [0, 0.1) is 0 Å². The van der Waals surface area contributed by atoms with Crippen LogP contribution in [0.4, 0.5) is 5.69 Å². The molecule has 0 fully saturated rings. The van der Waals surface area contributed by atoms with Crippen molar-refractivity contribution < 1.29 is 9.47 Å². The van der Waals surface area contributed by atoms with Crippen molar-refractivity contribution in [3.05, 3.63) is 24.3 Å². The number of benzene rings is 1. The van der Waals surface area contributed by atoms with Crippen LogP contribution in [0.2, 0.25) is 0 Å². The zero-order chi connectivity index (χ0) is 13.2. The first-order chi connectivity index (χ1) is 8.76. The zero-order valence-corrected chi connectivity index (χ0v) is 11.7. The summed E-state index contributed by atoms with van der Waals surface area (Å²) in [4.78, 5) is 0. The van der Waals surface area contributed by atoms with Crippen molar-refractivity contribution >= 4 is 23.0 Å². The maximum atomic E-state index is 5.24. The maximum Gasteiger partial charge on any atom is 0.170 e. The molecule has 100 valence electrons. The lowest BCUT2D eigenvalue weighted by Crippen LogP contribution is -2.29. The van der Waals surface area contributed by atoms with Crippen LogP contribution in [0.25, 0.3) is 0 Å². The Hall–Kier alpha value is -1.33. The molecule has 0 bridgehead atoms. The molecule has 0 aliphatic heterocycles. The van der Waals surface area contributed by atoms with Gasteiger partial charge in [-0.25, -0.2) is 0 Å². The molecule has 18 heavy (non-hydrogen) atoms. The van der Waals surface area contributed by atoms with E-state index in [1.165, 1.54) is 0 Å². The molecule has 4 nitrogen and oxygen atoms in total. The van der Waals surface area contributed by atoms with Gasteiger partial charge in [-0.2, -0.15) is 0 Å². The minimum atomic E-state index is 0.611. The SMILES string of the molecule is CCOCCCNC(=S)Nc1cccc(OC)c1. The lowest BCUT2D eigenvalue weighted by molar-refractivity contribution is 0.146. The number of anilines is 1. The molecule has 0 spiro atoms. The van der Waals surface area contributed by atoms with Gasteiger partial charge in [-0.15, -0.1) is 0 Å². The second kappa shape index (κ2) is 8.72. The summed E-state index contributed by atoms with van der Waals surface area (Å²) in [6.07, 6.45) is 0.938. The van der Waals surface area contributed by atoms with E-state index in [1.807, 2.05) is 31.2 Å². The molecule has 1 rings (SSSR count). The van der Waals surface area contributed by atoms with Gasteiger partial charge in [0.1, 0.15) is 5.75 Å². The van der Waals surface area contributed by atoms with E-state index >= 15 is 0 Å². The van der Waals surface area contributed by atoms with Crippen molar-refractivity contribution in [2.75, 3.05) is 32.2 Å². The number of thiocarbonyl (C=S) groups is 1. The lowest BCUT2D eigenvalue weighted by Gasteiger charge is -2.11. The molecule has 0 atom stereocenters. The van der Waals surface area contributed by atoms with Crippen LogP contribution in [0.5, 0.6) is 5.75 Å². The molecule has 1 aromatic rings. The molecule has 5 heteroatoms. The van der Waals surface area contributed by atoms with Gasteiger partial charge < -0.3 is 20.1 Å². The zero-order valence-electron chi connectivity index (χ0n) is 10.9. The van der Waals surface area contributed by atoms with Crippen molar-refractivity contribution in [3.8, 4) is 5.75 Å². The van der Waals surface area contributed by atoms with Crippen LogP contribution in [0.3, 0.4) is 0 Å². The van der Waals surface area contributed by atoms with E-state index in [0.29, 0.717) is 5.11 Å². The fourth-order valence-corrected chi connectivity index (χ4v) is 1.62. The average Bonchev–Trinajstić information content (AvgIpc) is 2.38. The standard InChI is InChI=1S/C13H20N2O2S/c1-3-17-9-5-8-14-13(18)15-11-6-4-7-12(10-11)16-2/h4,6-7,10H,3,5,8-9H2,1-2H3,(H2,14,15,18). The summed E-state index contributed by atoms with van der Waals surface area (Å²) in [5, 5.41) is 6.84. The van der Waals surface area contributed by atoms with Gasteiger partial charge in [0.15, 0.2) is 5.11 Å². The number of ether oxygens (including phenoxy) is 2. The minimum absolute atomic E-state index is 0.611. The Morgan fingerprint density at radius 3 is 2.94 bits per heavy atom. The van der Waals surface area contributed by atoms with Gasteiger partial charge in [0.05, 0.1) is 7.11 Å². The van der Waals surface area contributed by atoms with E-state index in [0.717, 1.165) is 37.6 Å². The first-order valence-electron chi connectivity index (χ1n) is 6.03. The Morgan fingerprint density at radius 2 is 2.22 bits per heavy atom. The molecule has 0 unspecified atom stereocenters. The number of hydrogen-bond donors (Lipinski definition) is 2.